The first-order valence-corrected chi connectivity index (χ1v) is 6.66. The highest BCUT2D eigenvalue weighted by molar-refractivity contribution is 5.95. The number of nitrogens with one attached hydrogen (secondary N) is 2. The Kier molecular flexibility index (Phi) is 5.47. The molecule has 0 fully saturated rings. The molecule has 0 aliphatic carbocycles. The molecule has 23 heavy (non-hydrogen) atoms. The Labute approximate surface area is 131 Å². The van der Waals surface area contributed by atoms with Gasteiger partial charge in [-0.2, -0.15) is 14.0 Å². The van der Waals surface area contributed by atoms with E-state index in [9.17, 15) is 13.6 Å². The number of hydrogen-bond acceptors (Lipinski definition) is 4. The summed E-state index contributed by atoms with van der Waals surface area (Å²) in [5, 5.41) is 14.1. The van der Waals surface area contributed by atoms with Crippen molar-refractivity contribution < 1.29 is 18.3 Å². The van der Waals surface area contributed by atoms with Gasteiger partial charge in [0.15, 0.2) is 0 Å². The van der Waals surface area contributed by atoms with Crippen molar-refractivity contribution in [2.45, 2.75) is 6.61 Å². The van der Waals surface area contributed by atoms with Crippen molar-refractivity contribution in [3.05, 3.63) is 54.1 Å². The lowest BCUT2D eigenvalue weighted by Crippen LogP contribution is -2.22. The average Bonchev–Trinajstić information content (AvgIpc) is 2.55. The molecule has 0 radical (unpaired) electrons. The summed E-state index contributed by atoms with van der Waals surface area (Å²) in [7, 11) is 0. The summed E-state index contributed by atoms with van der Waals surface area (Å²) >= 11 is 0. The van der Waals surface area contributed by atoms with Crippen molar-refractivity contribution in [3.8, 4) is 11.8 Å². The van der Waals surface area contributed by atoms with Gasteiger partial charge in [0.2, 0.25) is 5.91 Å². The van der Waals surface area contributed by atoms with E-state index >= 15 is 0 Å². The normalized spacial score (nSPS) is 10.0. The second-order valence-electron chi connectivity index (χ2n) is 4.47. The standard InChI is InChI=1S/C16H13F2N3O2/c17-16(18)23-14-4-2-1-3-13(14)21-15(22)10-20-12-7-5-11(9-19)6-8-12/h1-8,16,20H,10H2,(H,21,22). The zero-order chi connectivity index (χ0) is 16.7. The number of anilines is 2. The van der Waals surface area contributed by atoms with Gasteiger partial charge in [-0.15, -0.1) is 0 Å². The predicted molar refractivity (Wildman–Crippen MR) is 81.4 cm³/mol. The van der Waals surface area contributed by atoms with Crippen LogP contribution < -0.4 is 15.4 Å². The van der Waals surface area contributed by atoms with E-state index in [1.165, 1.54) is 18.2 Å². The van der Waals surface area contributed by atoms with Gasteiger partial charge in [0.05, 0.1) is 23.9 Å². The first-order chi connectivity index (χ1) is 11.1. The molecule has 2 aromatic carbocycles. The third-order valence-electron chi connectivity index (χ3n) is 2.84. The molecule has 0 atom stereocenters. The van der Waals surface area contributed by atoms with Crippen LogP contribution in [0.25, 0.3) is 0 Å². The Morgan fingerprint density at radius 3 is 2.52 bits per heavy atom. The zero-order valence-electron chi connectivity index (χ0n) is 11.9. The summed E-state index contributed by atoms with van der Waals surface area (Å²) < 4.78 is 28.9. The molecular weight excluding hydrogens is 304 g/mol. The van der Waals surface area contributed by atoms with E-state index in [1.54, 1.807) is 30.3 Å². The minimum Gasteiger partial charge on any atom is -0.433 e. The van der Waals surface area contributed by atoms with Gasteiger partial charge in [-0.25, -0.2) is 0 Å². The van der Waals surface area contributed by atoms with E-state index in [4.69, 9.17) is 5.26 Å². The molecule has 2 N–H and O–H groups in total. The lowest BCUT2D eigenvalue weighted by atomic mass is 10.2. The van der Waals surface area contributed by atoms with E-state index < -0.39 is 12.5 Å². The van der Waals surface area contributed by atoms with Crippen LogP contribution in [0, 0.1) is 11.3 Å². The maximum Gasteiger partial charge on any atom is 0.387 e. The smallest absolute Gasteiger partial charge is 0.387 e. The van der Waals surface area contributed by atoms with E-state index in [1.807, 2.05) is 6.07 Å². The van der Waals surface area contributed by atoms with Gasteiger partial charge >= 0.3 is 6.61 Å². The highest BCUT2D eigenvalue weighted by Crippen LogP contribution is 2.25. The minimum atomic E-state index is -2.97. The summed E-state index contributed by atoms with van der Waals surface area (Å²) in [6, 6.07) is 14.5. The Balaban J connectivity index is 1.93. The number of nitriles is 1. The molecule has 0 saturated carbocycles. The molecule has 7 heteroatoms. The number of ether oxygens (including phenoxy) is 1. The van der Waals surface area contributed by atoms with Gasteiger partial charge in [0.25, 0.3) is 0 Å². The molecule has 1 amide bonds. The number of amides is 1. The van der Waals surface area contributed by atoms with Crippen LogP contribution in [-0.2, 0) is 4.79 Å². The maximum atomic E-state index is 12.3. The lowest BCUT2D eigenvalue weighted by Gasteiger charge is -2.12. The molecule has 0 saturated heterocycles. The van der Waals surface area contributed by atoms with Crippen LogP contribution in [-0.4, -0.2) is 19.1 Å². The Morgan fingerprint density at radius 1 is 1.17 bits per heavy atom. The van der Waals surface area contributed by atoms with Crippen LogP contribution in [0.1, 0.15) is 5.56 Å². The van der Waals surface area contributed by atoms with E-state index in [0.717, 1.165) is 0 Å². The zero-order valence-corrected chi connectivity index (χ0v) is 11.9. The summed E-state index contributed by atoms with van der Waals surface area (Å²) in [5.74, 6) is -0.520. The van der Waals surface area contributed by atoms with Crippen LogP contribution >= 0.6 is 0 Å². The number of carbonyl (C=O) groups is 1. The molecule has 0 heterocycles. The van der Waals surface area contributed by atoms with Crippen LogP contribution in [0.4, 0.5) is 20.2 Å². The molecule has 0 aliphatic heterocycles. The molecule has 118 valence electrons. The van der Waals surface area contributed by atoms with Crippen LogP contribution in [0.2, 0.25) is 0 Å². The van der Waals surface area contributed by atoms with Crippen molar-refractivity contribution >= 4 is 17.3 Å². The maximum absolute atomic E-state index is 12.3. The summed E-state index contributed by atoms with van der Waals surface area (Å²) in [4.78, 5) is 11.9. The number of halogens is 2. The first-order valence-electron chi connectivity index (χ1n) is 6.66. The molecule has 2 aromatic rings. The SMILES string of the molecule is N#Cc1ccc(NCC(=O)Nc2ccccc2OC(F)F)cc1. The number of carbonyl (C=O) groups excluding carboxylic acids is 1. The number of alkyl halides is 2. The fourth-order valence-corrected chi connectivity index (χ4v) is 1.81. The molecular formula is C16H13F2N3O2. The molecule has 0 spiro atoms. The van der Waals surface area contributed by atoms with Crippen molar-refractivity contribution in [2.75, 3.05) is 17.2 Å². The van der Waals surface area contributed by atoms with Crippen molar-refractivity contribution in [1.82, 2.24) is 0 Å². The Hall–Kier alpha value is -3.14. The van der Waals surface area contributed by atoms with Gasteiger partial charge in [0, 0.05) is 5.69 Å². The number of benzene rings is 2. The van der Waals surface area contributed by atoms with E-state index in [2.05, 4.69) is 15.4 Å². The second-order valence-corrected chi connectivity index (χ2v) is 4.47. The predicted octanol–water partition coefficient (Wildman–Crippen LogP) is 3.21. The molecule has 5 nitrogen and oxygen atoms in total. The fraction of sp³-hybridized carbons (Fsp3) is 0.125. The largest absolute Gasteiger partial charge is 0.433 e. The molecule has 0 aliphatic rings. The third-order valence-corrected chi connectivity index (χ3v) is 2.84. The lowest BCUT2D eigenvalue weighted by molar-refractivity contribution is -0.114. The van der Waals surface area contributed by atoms with E-state index in [-0.39, 0.29) is 18.0 Å². The average molecular weight is 317 g/mol. The topological polar surface area (TPSA) is 74.2 Å². The quantitative estimate of drug-likeness (QED) is 0.858. The number of nitrogens with zero attached hydrogens (tertiary/aromatic N) is 1. The molecule has 0 aromatic heterocycles. The van der Waals surface area contributed by atoms with Gasteiger partial charge < -0.3 is 15.4 Å². The van der Waals surface area contributed by atoms with Crippen molar-refractivity contribution in [2.24, 2.45) is 0 Å². The summed E-state index contributed by atoms with van der Waals surface area (Å²) in [6.45, 7) is -3.03. The van der Waals surface area contributed by atoms with Crippen molar-refractivity contribution in [1.29, 1.82) is 5.26 Å². The number of para-hydroxylation sites is 2. The van der Waals surface area contributed by atoms with Crippen LogP contribution in [0.15, 0.2) is 48.5 Å². The van der Waals surface area contributed by atoms with Crippen molar-refractivity contribution in [3.63, 3.8) is 0 Å². The van der Waals surface area contributed by atoms with Gasteiger partial charge in [0.1, 0.15) is 5.75 Å². The molecule has 2 rings (SSSR count). The fourth-order valence-electron chi connectivity index (χ4n) is 1.81. The third kappa shape index (κ3) is 4.97. The minimum absolute atomic E-state index is 0.0606. The Bertz CT molecular complexity index is 712. The molecule has 0 unspecified atom stereocenters. The van der Waals surface area contributed by atoms with Gasteiger partial charge in [-0.3, -0.25) is 4.79 Å². The summed E-state index contributed by atoms with van der Waals surface area (Å²) in [6.07, 6.45) is 0. The van der Waals surface area contributed by atoms with Gasteiger partial charge in [-0.1, -0.05) is 12.1 Å². The molecule has 0 bridgehead atoms. The summed E-state index contributed by atoms with van der Waals surface area (Å²) in [5.41, 5.74) is 1.34. The van der Waals surface area contributed by atoms with Gasteiger partial charge in [-0.05, 0) is 36.4 Å². The highest BCUT2D eigenvalue weighted by Gasteiger charge is 2.11. The number of hydrogen-bond donors (Lipinski definition) is 2. The highest BCUT2D eigenvalue weighted by atomic mass is 19.3. The monoisotopic (exact) mass is 317 g/mol. The Morgan fingerprint density at radius 2 is 1.87 bits per heavy atom. The number of rotatable bonds is 6. The van der Waals surface area contributed by atoms with E-state index in [0.29, 0.717) is 11.3 Å². The van der Waals surface area contributed by atoms with Crippen LogP contribution in [0.5, 0.6) is 5.75 Å². The van der Waals surface area contributed by atoms with Crippen LogP contribution in [0.3, 0.4) is 0 Å². The first kappa shape index (κ1) is 16.2. The second kappa shape index (κ2) is 7.75.